The van der Waals surface area contributed by atoms with Crippen LogP contribution in [0.4, 0.5) is 8.78 Å². The molecule has 0 bridgehead atoms. The fourth-order valence-electron chi connectivity index (χ4n) is 1.80. The molecule has 0 spiro atoms. The highest BCUT2D eigenvalue weighted by Crippen LogP contribution is 2.17. The molecule has 0 heterocycles. The van der Waals surface area contributed by atoms with Crippen molar-refractivity contribution < 1.29 is 13.9 Å². The van der Waals surface area contributed by atoms with Gasteiger partial charge in [-0.25, -0.2) is 8.78 Å². The number of unbranched alkanes of at least 4 members (excludes halogenated alkanes) is 3. The number of rotatable bonds is 8. The average molecular weight is 257 g/mol. The average Bonchev–Trinajstić information content (AvgIpc) is 2.36. The van der Waals surface area contributed by atoms with Crippen LogP contribution in [0, 0.1) is 11.6 Å². The van der Waals surface area contributed by atoms with Crippen LogP contribution in [-0.4, -0.2) is 18.2 Å². The summed E-state index contributed by atoms with van der Waals surface area (Å²) in [4.78, 5) is 0. The van der Waals surface area contributed by atoms with E-state index < -0.39 is 17.7 Å². The third kappa shape index (κ3) is 5.10. The molecule has 1 aromatic carbocycles. The first-order valence-electron chi connectivity index (χ1n) is 6.49. The van der Waals surface area contributed by atoms with Crippen LogP contribution in [0.5, 0.6) is 0 Å². The summed E-state index contributed by atoms with van der Waals surface area (Å²) in [5.41, 5.74) is 0.0102. The van der Waals surface area contributed by atoms with Gasteiger partial charge in [-0.15, -0.1) is 0 Å². The minimum atomic E-state index is -1.01. The molecule has 1 rings (SSSR count). The van der Waals surface area contributed by atoms with Crippen LogP contribution in [0.25, 0.3) is 0 Å². The van der Waals surface area contributed by atoms with Crippen LogP contribution >= 0.6 is 0 Å². The van der Waals surface area contributed by atoms with Crippen molar-refractivity contribution in [2.24, 2.45) is 0 Å². The Bertz CT molecular complexity index is 358. The molecular formula is C14H21F2NO. The lowest BCUT2D eigenvalue weighted by Crippen LogP contribution is -2.23. The van der Waals surface area contributed by atoms with E-state index in [1.54, 1.807) is 0 Å². The Morgan fingerprint density at radius 3 is 2.72 bits per heavy atom. The first-order chi connectivity index (χ1) is 8.65. The molecule has 2 N–H and O–H groups in total. The van der Waals surface area contributed by atoms with E-state index in [2.05, 4.69) is 12.2 Å². The van der Waals surface area contributed by atoms with E-state index >= 15 is 0 Å². The van der Waals surface area contributed by atoms with E-state index in [1.807, 2.05) is 0 Å². The molecule has 1 unspecified atom stereocenters. The lowest BCUT2D eigenvalue weighted by Gasteiger charge is -2.13. The summed E-state index contributed by atoms with van der Waals surface area (Å²) in [6.45, 7) is 3.17. The Morgan fingerprint density at radius 1 is 1.22 bits per heavy atom. The largest absolute Gasteiger partial charge is 0.387 e. The van der Waals surface area contributed by atoms with Crippen molar-refractivity contribution in [3.8, 4) is 0 Å². The molecule has 0 saturated heterocycles. The highest BCUT2D eigenvalue weighted by Gasteiger charge is 2.13. The topological polar surface area (TPSA) is 32.3 Å². The first-order valence-corrected chi connectivity index (χ1v) is 6.49. The Hall–Kier alpha value is -1.00. The number of nitrogens with one attached hydrogen (secondary N) is 1. The van der Waals surface area contributed by atoms with Crippen molar-refractivity contribution in [3.05, 3.63) is 35.4 Å². The summed E-state index contributed by atoms with van der Waals surface area (Å²) in [5, 5.41) is 12.8. The monoisotopic (exact) mass is 257 g/mol. The number of hydrogen-bond donors (Lipinski definition) is 2. The van der Waals surface area contributed by atoms with Gasteiger partial charge in [0.25, 0.3) is 0 Å². The van der Waals surface area contributed by atoms with Crippen LogP contribution in [0.3, 0.4) is 0 Å². The van der Waals surface area contributed by atoms with Crippen LogP contribution < -0.4 is 5.32 Å². The maximum Gasteiger partial charge on any atom is 0.129 e. The number of aliphatic hydroxyl groups excluding tert-OH is 1. The molecular weight excluding hydrogens is 236 g/mol. The maximum absolute atomic E-state index is 13.3. The van der Waals surface area contributed by atoms with E-state index in [9.17, 15) is 13.9 Å². The first kappa shape index (κ1) is 15.1. The van der Waals surface area contributed by atoms with E-state index in [1.165, 1.54) is 12.8 Å². The number of benzene rings is 1. The lowest BCUT2D eigenvalue weighted by atomic mass is 10.1. The number of aliphatic hydroxyl groups is 1. The van der Waals surface area contributed by atoms with E-state index in [4.69, 9.17) is 0 Å². The Morgan fingerprint density at radius 2 is 2.00 bits per heavy atom. The van der Waals surface area contributed by atoms with Gasteiger partial charge < -0.3 is 10.4 Å². The van der Waals surface area contributed by atoms with E-state index in [-0.39, 0.29) is 12.1 Å². The minimum absolute atomic E-state index is 0.0102. The Kier molecular flexibility index (Phi) is 6.83. The Balaban J connectivity index is 2.31. The molecule has 2 nitrogen and oxygen atoms in total. The van der Waals surface area contributed by atoms with Gasteiger partial charge in [0, 0.05) is 12.1 Å². The third-order valence-electron chi connectivity index (χ3n) is 2.86. The zero-order chi connectivity index (χ0) is 13.4. The molecule has 102 valence electrons. The van der Waals surface area contributed by atoms with Crippen LogP contribution in [0.15, 0.2) is 18.2 Å². The van der Waals surface area contributed by atoms with E-state index in [0.29, 0.717) is 0 Å². The maximum atomic E-state index is 13.3. The normalized spacial score (nSPS) is 12.7. The lowest BCUT2D eigenvalue weighted by molar-refractivity contribution is 0.169. The van der Waals surface area contributed by atoms with Gasteiger partial charge in [0.1, 0.15) is 11.6 Å². The third-order valence-corrected chi connectivity index (χ3v) is 2.86. The smallest absolute Gasteiger partial charge is 0.129 e. The van der Waals surface area contributed by atoms with Gasteiger partial charge in [0.15, 0.2) is 0 Å². The van der Waals surface area contributed by atoms with Gasteiger partial charge in [-0.3, -0.25) is 0 Å². The van der Waals surface area contributed by atoms with Crippen LogP contribution in [0.2, 0.25) is 0 Å². The molecule has 1 atom stereocenters. The van der Waals surface area contributed by atoms with Crippen molar-refractivity contribution in [2.75, 3.05) is 13.1 Å². The summed E-state index contributed by atoms with van der Waals surface area (Å²) in [5.74, 6) is -1.11. The van der Waals surface area contributed by atoms with Crippen LogP contribution in [-0.2, 0) is 0 Å². The van der Waals surface area contributed by atoms with Crippen LogP contribution in [0.1, 0.15) is 44.3 Å². The molecule has 1 aromatic rings. The number of halogens is 2. The van der Waals surface area contributed by atoms with Gasteiger partial charge in [0.05, 0.1) is 6.10 Å². The standard InChI is InChI=1S/C14H21F2NO/c1-2-3-4-5-8-17-10-14(18)12-9-11(15)6-7-13(12)16/h6-7,9,14,17-18H,2-5,8,10H2,1H3. The molecule has 18 heavy (non-hydrogen) atoms. The van der Waals surface area contributed by atoms with Gasteiger partial charge in [0.2, 0.25) is 0 Å². The van der Waals surface area contributed by atoms with Crippen molar-refractivity contribution in [1.29, 1.82) is 0 Å². The van der Waals surface area contributed by atoms with Crippen molar-refractivity contribution >= 4 is 0 Å². The molecule has 0 aliphatic heterocycles. The van der Waals surface area contributed by atoms with Crippen molar-refractivity contribution in [3.63, 3.8) is 0 Å². The predicted molar refractivity (Wildman–Crippen MR) is 68.3 cm³/mol. The van der Waals surface area contributed by atoms with Gasteiger partial charge in [-0.2, -0.15) is 0 Å². The second kappa shape index (κ2) is 8.16. The highest BCUT2D eigenvalue weighted by atomic mass is 19.1. The van der Waals surface area contributed by atoms with E-state index in [0.717, 1.165) is 37.6 Å². The second-order valence-electron chi connectivity index (χ2n) is 4.45. The Labute approximate surface area is 107 Å². The fraction of sp³-hybridized carbons (Fsp3) is 0.571. The number of hydrogen-bond acceptors (Lipinski definition) is 2. The molecule has 0 amide bonds. The minimum Gasteiger partial charge on any atom is -0.387 e. The summed E-state index contributed by atoms with van der Waals surface area (Å²) >= 11 is 0. The molecule has 0 fully saturated rings. The van der Waals surface area contributed by atoms with Gasteiger partial charge in [-0.05, 0) is 31.2 Å². The fourth-order valence-corrected chi connectivity index (χ4v) is 1.80. The molecule has 0 aromatic heterocycles. The molecule has 0 radical (unpaired) electrons. The predicted octanol–water partition coefficient (Wildman–Crippen LogP) is 3.17. The highest BCUT2D eigenvalue weighted by molar-refractivity contribution is 5.21. The van der Waals surface area contributed by atoms with Gasteiger partial charge >= 0.3 is 0 Å². The zero-order valence-corrected chi connectivity index (χ0v) is 10.8. The SMILES string of the molecule is CCCCCCNCC(O)c1cc(F)ccc1F. The van der Waals surface area contributed by atoms with Crippen molar-refractivity contribution in [2.45, 2.75) is 38.7 Å². The summed E-state index contributed by atoms with van der Waals surface area (Å²) in [6, 6.07) is 3.12. The molecule has 0 aliphatic carbocycles. The second-order valence-corrected chi connectivity index (χ2v) is 4.45. The summed E-state index contributed by atoms with van der Waals surface area (Å²) in [7, 11) is 0. The van der Waals surface area contributed by atoms with Crippen molar-refractivity contribution in [1.82, 2.24) is 5.32 Å². The molecule has 0 saturated carbocycles. The molecule has 4 heteroatoms. The summed E-state index contributed by atoms with van der Waals surface area (Å²) < 4.78 is 26.3. The quantitative estimate of drug-likeness (QED) is 0.701. The zero-order valence-electron chi connectivity index (χ0n) is 10.8. The molecule has 0 aliphatic rings. The summed E-state index contributed by atoms with van der Waals surface area (Å²) in [6.07, 6.45) is 3.55. The van der Waals surface area contributed by atoms with Gasteiger partial charge in [-0.1, -0.05) is 26.2 Å².